The summed E-state index contributed by atoms with van der Waals surface area (Å²) >= 11 is 0. The molecule has 3 heterocycles. The van der Waals surface area contributed by atoms with Crippen molar-refractivity contribution >= 4 is 34.1 Å². The quantitative estimate of drug-likeness (QED) is 0.191. The molecular formula is C31H32FN7O2. The third-order valence-corrected chi connectivity index (χ3v) is 6.12. The summed E-state index contributed by atoms with van der Waals surface area (Å²) in [6.45, 7) is 10.1. The van der Waals surface area contributed by atoms with Gasteiger partial charge in [0.05, 0.1) is 22.4 Å². The number of carbonyl (C=O) groups excluding carboxylic acids is 1. The lowest BCUT2D eigenvalue weighted by molar-refractivity contribution is 0.262. The number of benzene rings is 2. The van der Waals surface area contributed by atoms with Gasteiger partial charge in [-0.15, -0.1) is 0 Å². The molecule has 0 fully saturated rings. The summed E-state index contributed by atoms with van der Waals surface area (Å²) < 4.78 is 22.6. The summed E-state index contributed by atoms with van der Waals surface area (Å²) in [4.78, 5) is 21.6. The molecule has 3 N–H and O–H groups in total. The molecule has 0 atom stereocenters. The molecule has 0 saturated carbocycles. The van der Waals surface area contributed by atoms with Crippen molar-refractivity contribution in [2.24, 2.45) is 0 Å². The van der Waals surface area contributed by atoms with Crippen LogP contribution < -0.4 is 20.7 Å². The van der Waals surface area contributed by atoms with Crippen LogP contribution in [0, 0.1) is 5.82 Å². The zero-order chi connectivity index (χ0) is 29.1. The summed E-state index contributed by atoms with van der Waals surface area (Å²) in [7, 11) is 0. The molecule has 0 unspecified atom stereocenters. The van der Waals surface area contributed by atoms with Crippen molar-refractivity contribution in [1.82, 2.24) is 19.7 Å². The van der Waals surface area contributed by atoms with Gasteiger partial charge in [-0.25, -0.2) is 14.2 Å². The van der Waals surface area contributed by atoms with E-state index in [2.05, 4.69) is 25.9 Å². The first kappa shape index (κ1) is 27.6. The summed E-state index contributed by atoms with van der Waals surface area (Å²) in [6.07, 6.45) is 5.13. The van der Waals surface area contributed by atoms with Gasteiger partial charge in [0.1, 0.15) is 28.8 Å². The highest BCUT2D eigenvalue weighted by Gasteiger charge is 2.21. The van der Waals surface area contributed by atoms with Gasteiger partial charge in [0.15, 0.2) is 0 Å². The zero-order valence-electron chi connectivity index (χ0n) is 23.6. The van der Waals surface area contributed by atoms with Crippen LogP contribution in [0.25, 0.3) is 22.2 Å². The van der Waals surface area contributed by atoms with Gasteiger partial charge in [0.2, 0.25) is 0 Å². The number of aromatic nitrogens is 4. The van der Waals surface area contributed by atoms with Crippen LogP contribution in [0.1, 0.15) is 34.6 Å². The van der Waals surface area contributed by atoms with E-state index in [1.807, 2.05) is 65.0 Å². The maximum Gasteiger partial charge on any atom is 0.323 e. The van der Waals surface area contributed by atoms with Crippen LogP contribution in [0.2, 0.25) is 0 Å². The Bertz CT molecular complexity index is 1710. The van der Waals surface area contributed by atoms with E-state index in [0.717, 1.165) is 16.5 Å². The average Bonchev–Trinajstić information content (AvgIpc) is 3.34. The Labute approximate surface area is 237 Å². The molecule has 210 valence electrons. The van der Waals surface area contributed by atoms with Crippen LogP contribution in [0.3, 0.4) is 0 Å². The minimum absolute atomic E-state index is 0.00767. The molecule has 0 spiro atoms. The zero-order valence-corrected chi connectivity index (χ0v) is 23.6. The third-order valence-electron chi connectivity index (χ3n) is 6.12. The number of hydrogen-bond donors (Lipinski definition) is 3. The molecule has 2 aromatic carbocycles. The van der Waals surface area contributed by atoms with Gasteiger partial charge in [-0.1, -0.05) is 12.1 Å². The average molecular weight is 554 g/mol. The van der Waals surface area contributed by atoms with Crippen LogP contribution >= 0.6 is 0 Å². The number of hydrogen-bond acceptors (Lipinski definition) is 6. The molecule has 2 amide bonds. The van der Waals surface area contributed by atoms with E-state index < -0.39 is 11.8 Å². The molecule has 0 aliphatic carbocycles. The fourth-order valence-corrected chi connectivity index (χ4v) is 4.17. The van der Waals surface area contributed by atoms with Gasteiger partial charge in [-0.3, -0.25) is 9.67 Å². The van der Waals surface area contributed by atoms with Crippen LogP contribution in [0.4, 0.5) is 26.4 Å². The Morgan fingerprint density at radius 2 is 1.71 bits per heavy atom. The van der Waals surface area contributed by atoms with Gasteiger partial charge >= 0.3 is 6.03 Å². The standard InChI is InChI=1S/C31H32FN7O2/c1-19(2)35-28-17-23(12-14-34-28)41-22-9-11-26(24(32)16-22)36-30(40)37-27-18-39(31(3,4)5)38-29(27)21-8-10-25-20(15-21)7-6-13-33-25/h6-19H,1-5H3,(H,34,35)(H2,36,37,40). The first-order chi connectivity index (χ1) is 19.5. The van der Waals surface area contributed by atoms with Crippen molar-refractivity contribution in [3.05, 3.63) is 85.1 Å². The van der Waals surface area contributed by atoms with Gasteiger partial charge in [-0.05, 0) is 71.0 Å². The van der Waals surface area contributed by atoms with Gasteiger partial charge in [-0.2, -0.15) is 5.10 Å². The predicted octanol–water partition coefficient (Wildman–Crippen LogP) is 7.64. The van der Waals surface area contributed by atoms with Crippen LogP contribution in [-0.2, 0) is 5.54 Å². The topological polar surface area (TPSA) is 106 Å². The van der Waals surface area contributed by atoms with E-state index in [-0.39, 0.29) is 23.0 Å². The van der Waals surface area contributed by atoms with E-state index in [0.29, 0.717) is 22.9 Å². The number of nitrogens with zero attached hydrogens (tertiary/aromatic N) is 4. The maximum absolute atomic E-state index is 15.0. The second-order valence-electron chi connectivity index (χ2n) is 10.9. The lowest BCUT2D eigenvalue weighted by Gasteiger charge is -2.18. The smallest absolute Gasteiger partial charge is 0.323 e. The highest BCUT2D eigenvalue weighted by molar-refractivity contribution is 6.02. The molecule has 10 heteroatoms. The first-order valence-corrected chi connectivity index (χ1v) is 13.3. The largest absolute Gasteiger partial charge is 0.457 e. The molecule has 0 aliphatic rings. The minimum Gasteiger partial charge on any atom is -0.457 e. The van der Waals surface area contributed by atoms with Crippen molar-refractivity contribution in [2.45, 2.75) is 46.2 Å². The first-order valence-electron chi connectivity index (χ1n) is 13.3. The summed E-state index contributed by atoms with van der Waals surface area (Å²) in [5.41, 5.74) is 2.44. The van der Waals surface area contributed by atoms with Crippen LogP contribution in [0.5, 0.6) is 11.5 Å². The van der Waals surface area contributed by atoms with E-state index in [1.165, 1.54) is 12.1 Å². The van der Waals surface area contributed by atoms with Crippen molar-refractivity contribution in [1.29, 1.82) is 0 Å². The predicted molar refractivity (Wildman–Crippen MR) is 160 cm³/mol. The highest BCUT2D eigenvalue weighted by atomic mass is 19.1. The van der Waals surface area contributed by atoms with E-state index in [9.17, 15) is 9.18 Å². The summed E-state index contributed by atoms with van der Waals surface area (Å²) in [5, 5.41) is 14.3. The van der Waals surface area contributed by atoms with Crippen molar-refractivity contribution in [3.63, 3.8) is 0 Å². The lowest BCUT2D eigenvalue weighted by Crippen LogP contribution is -2.22. The monoisotopic (exact) mass is 553 g/mol. The van der Waals surface area contributed by atoms with Crippen molar-refractivity contribution < 1.29 is 13.9 Å². The molecule has 41 heavy (non-hydrogen) atoms. The Morgan fingerprint density at radius 3 is 2.46 bits per heavy atom. The van der Waals surface area contributed by atoms with Gasteiger partial charge < -0.3 is 20.7 Å². The Balaban J connectivity index is 1.33. The van der Waals surface area contributed by atoms with Gasteiger partial charge in [0, 0.05) is 47.7 Å². The highest BCUT2D eigenvalue weighted by Crippen LogP contribution is 2.32. The molecule has 0 aliphatic heterocycles. The molecule has 0 saturated heterocycles. The van der Waals surface area contributed by atoms with Crippen LogP contribution in [0.15, 0.2) is 79.3 Å². The number of carbonyl (C=O) groups is 1. The Hall–Kier alpha value is -4.99. The fraction of sp³-hybridized carbons (Fsp3) is 0.226. The van der Waals surface area contributed by atoms with E-state index >= 15 is 0 Å². The molecule has 0 radical (unpaired) electrons. The van der Waals surface area contributed by atoms with Crippen molar-refractivity contribution in [2.75, 3.05) is 16.0 Å². The summed E-state index contributed by atoms with van der Waals surface area (Å²) in [6, 6.07) is 16.9. The SMILES string of the molecule is CC(C)Nc1cc(Oc2ccc(NC(=O)Nc3cn(C(C)(C)C)nc3-c3ccc4ncccc4c3)c(F)c2)ccn1. The number of rotatable bonds is 7. The normalized spacial score (nSPS) is 11.5. The van der Waals surface area contributed by atoms with E-state index in [4.69, 9.17) is 9.84 Å². The fourth-order valence-electron chi connectivity index (χ4n) is 4.17. The molecule has 5 aromatic rings. The number of halogens is 1. The number of urea groups is 1. The number of pyridine rings is 2. The maximum atomic E-state index is 15.0. The molecule has 3 aromatic heterocycles. The second kappa shape index (κ2) is 11.2. The summed E-state index contributed by atoms with van der Waals surface area (Å²) in [5.74, 6) is 0.811. The number of anilines is 3. The van der Waals surface area contributed by atoms with E-state index in [1.54, 1.807) is 41.5 Å². The lowest BCUT2D eigenvalue weighted by atomic mass is 10.1. The minimum atomic E-state index is -0.639. The van der Waals surface area contributed by atoms with Gasteiger partial charge in [0.25, 0.3) is 0 Å². The molecule has 5 rings (SSSR count). The number of nitrogens with one attached hydrogen (secondary N) is 3. The second-order valence-corrected chi connectivity index (χ2v) is 10.9. The number of ether oxygens (including phenoxy) is 1. The number of fused-ring (bicyclic) bond motifs is 1. The third kappa shape index (κ3) is 6.60. The number of amides is 2. The molecule has 9 nitrogen and oxygen atoms in total. The molecule has 0 bridgehead atoms. The van der Waals surface area contributed by atoms with Crippen LogP contribution in [-0.4, -0.2) is 31.8 Å². The Kier molecular flexibility index (Phi) is 7.56. The van der Waals surface area contributed by atoms with Crippen molar-refractivity contribution in [3.8, 4) is 22.8 Å². The Morgan fingerprint density at radius 1 is 0.927 bits per heavy atom. The molecular weight excluding hydrogens is 521 g/mol.